The van der Waals surface area contributed by atoms with E-state index in [2.05, 4.69) is 4.74 Å². The Morgan fingerprint density at radius 2 is 1.92 bits per heavy atom. The summed E-state index contributed by atoms with van der Waals surface area (Å²) in [6.07, 6.45) is 0.946. The summed E-state index contributed by atoms with van der Waals surface area (Å²) in [7, 11) is 1.34. The molecule has 0 fully saturated rings. The zero-order chi connectivity index (χ0) is 10.3. The third kappa shape index (κ3) is 6.13. The van der Waals surface area contributed by atoms with Crippen LogP contribution in [-0.4, -0.2) is 25.2 Å². The van der Waals surface area contributed by atoms with Gasteiger partial charge < -0.3 is 9.47 Å². The number of carbonyl (C=O) groups is 2. The lowest BCUT2D eigenvalue weighted by atomic mass is 10.2. The highest BCUT2D eigenvalue weighted by molar-refractivity contribution is 5.70. The topological polar surface area (TPSA) is 52.6 Å². The summed E-state index contributed by atoms with van der Waals surface area (Å²) in [4.78, 5) is 21.5. The lowest BCUT2D eigenvalue weighted by Crippen LogP contribution is -2.15. The van der Waals surface area contributed by atoms with Gasteiger partial charge in [0.1, 0.15) is 0 Å². The summed E-state index contributed by atoms with van der Waals surface area (Å²) in [6.45, 7) is 3.49. The largest absolute Gasteiger partial charge is 0.469 e. The molecule has 0 aromatic heterocycles. The molecule has 0 aliphatic heterocycles. The first-order valence-electron chi connectivity index (χ1n) is 4.36. The van der Waals surface area contributed by atoms with Crippen LogP contribution in [0.15, 0.2) is 0 Å². The molecule has 4 nitrogen and oxygen atoms in total. The molecule has 0 amide bonds. The molecule has 0 aliphatic carbocycles. The minimum atomic E-state index is -0.278. The van der Waals surface area contributed by atoms with Crippen molar-refractivity contribution in [3.8, 4) is 0 Å². The van der Waals surface area contributed by atoms with Gasteiger partial charge in [-0.15, -0.1) is 0 Å². The van der Waals surface area contributed by atoms with E-state index >= 15 is 0 Å². The molecule has 4 heteroatoms. The maximum Gasteiger partial charge on any atom is 0.305 e. The van der Waals surface area contributed by atoms with Crippen LogP contribution >= 0.6 is 0 Å². The van der Waals surface area contributed by atoms with Crippen molar-refractivity contribution in [2.45, 2.75) is 39.2 Å². The second kappa shape index (κ2) is 6.46. The van der Waals surface area contributed by atoms with Crippen molar-refractivity contribution in [3.63, 3.8) is 0 Å². The molecule has 0 N–H and O–H groups in total. The zero-order valence-electron chi connectivity index (χ0n) is 8.33. The van der Waals surface area contributed by atoms with E-state index in [1.807, 2.05) is 0 Å². The first kappa shape index (κ1) is 11.9. The molecular formula is C9H16O4. The van der Waals surface area contributed by atoms with E-state index < -0.39 is 0 Å². The van der Waals surface area contributed by atoms with Crippen molar-refractivity contribution >= 4 is 11.9 Å². The number of ether oxygens (including phenoxy) is 2. The van der Waals surface area contributed by atoms with Crippen LogP contribution in [0, 0.1) is 0 Å². The van der Waals surface area contributed by atoms with Crippen molar-refractivity contribution in [1.29, 1.82) is 0 Å². The molecule has 0 aliphatic rings. The highest BCUT2D eigenvalue weighted by Gasteiger charge is 2.09. The van der Waals surface area contributed by atoms with Crippen molar-refractivity contribution in [2.24, 2.45) is 0 Å². The summed E-state index contributed by atoms with van der Waals surface area (Å²) in [5, 5.41) is 0. The van der Waals surface area contributed by atoms with Gasteiger partial charge in [-0.2, -0.15) is 0 Å². The molecule has 0 saturated carbocycles. The lowest BCUT2D eigenvalue weighted by Gasteiger charge is -2.11. The molecule has 76 valence electrons. The number of hydrogen-bond donors (Lipinski definition) is 0. The molecule has 0 spiro atoms. The number of hydrogen-bond acceptors (Lipinski definition) is 4. The van der Waals surface area contributed by atoms with E-state index in [-0.39, 0.29) is 24.5 Å². The van der Waals surface area contributed by atoms with E-state index in [0.29, 0.717) is 12.8 Å². The van der Waals surface area contributed by atoms with Gasteiger partial charge in [-0.25, -0.2) is 0 Å². The standard InChI is InChI=1S/C9H16O4/c1-4-8(10)13-7(2)5-6-9(11)12-3/h7H,4-6H2,1-3H3. The van der Waals surface area contributed by atoms with Gasteiger partial charge in [0, 0.05) is 12.8 Å². The Morgan fingerprint density at radius 1 is 1.31 bits per heavy atom. The van der Waals surface area contributed by atoms with Crippen LogP contribution in [0.25, 0.3) is 0 Å². The molecule has 1 unspecified atom stereocenters. The van der Waals surface area contributed by atoms with Gasteiger partial charge >= 0.3 is 11.9 Å². The second-order valence-corrected chi connectivity index (χ2v) is 2.77. The second-order valence-electron chi connectivity index (χ2n) is 2.77. The maximum atomic E-state index is 10.8. The molecule has 0 aromatic rings. The minimum absolute atomic E-state index is 0.216. The van der Waals surface area contributed by atoms with Gasteiger partial charge in [0.05, 0.1) is 13.2 Å². The van der Waals surface area contributed by atoms with E-state index in [0.717, 1.165) is 0 Å². The van der Waals surface area contributed by atoms with Gasteiger partial charge in [0.2, 0.25) is 0 Å². The monoisotopic (exact) mass is 188 g/mol. The van der Waals surface area contributed by atoms with Gasteiger partial charge in [0.15, 0.2) is 0 Å². The van der Waals surface area contributed by atoms with Crippen LogP contribution < -0.4 is 0 Å². The molecule has 0 rings (SSSR count). The Hall–Kier alpha value is -1.06. The SMILES string of the molecule is CCC(=O)OC(C)CCC(=O)OC. The fourth-order valence-electron chi connectivity index (χ4n) is 0.790. The Kier molecular flexibility index (Phi) is 5.93. The van der Waals surface area contributed by atoms with Crippen LogP contribution in [0.3, 0.4) is 0 Å². The zero-order valence-corrected chi connectivity index (χ0v) is 8.33. The summed E-state index contributed by atoms with van der Waals surface area (Å²) in [6, 6.07) is 0. The van der Waals surface area contributed by atoms with E-state index in [1.54, 1.807) is 13.8 Å². The third-order valence-electron chi connectivity index (χ3n) is 1.60. The van der Waals surface area contributed by atoms with Gasteiger partial charge in [-0.1, -0.05) is 6.92 Å². The van der Waals surface area contributed by atoms with Crippen LogP contribution in [0.4, 0.5) is 0 Å². The van der Waals surface area contributed by atoms with Gasteiger partial charge in [-0.3, -0.25) is 9.59 Å². The van der Waals surface area contributed by atoms with Crippen molar-refractivity contribution in [3.05, 3.63) is 0 Å². The van der Waals surface area contributed by atoms with E-state index in [9.17, 15) is 9.59 Å². The summed E-state index contributed by atoms with van der Waals surface area (Å²) in [5.74, 6) is -0.517. The maximum absolute atomic E-state index is 10.8. The summed E-state index contributed by atoms with van der Waals surface area (Å²) >= 11 is 0. The van der Waals surface area contributed by atoms with Gasteiger partial charge in [-0.05, 0) is 13.3 Å². The first-order valence-corrected chi connectivity index (χ1v) is 4.36. The molecule has 1 atom stereocenters. The van der Waals surface area contributed by atoms with Crippen molar-refractivity contribution < 1.29 is 19.1 Å². The van der Waals surface area contributed by atoms with Crippen LogP contribution in [0.1, 0.15) is 33.1 Å². The number of carbonyl (C=O) groups excluding carboxylic acids is 2. The first-order chi connectivity index (χ1) is 6.10. The molecule has 0 radical (unpaired) electrons. The summed E-state index contributed by atoms with van der Waals surface area (Å²) < 4.78 is 9.40. The van der Waals surface area contributed by atoms with E-state index in [4.69, 9.17) is 4.74 Å². The highest BCUT2D eigenvalue weighted by atomic mass is 16.5. The molecule has 0 saturated heterocycles. The Morgan fingerprint density at radius 3 is 2.38 bits per heavy atom. The van der Waals surface area contributed by atoms with E-state index in [1.165, 1.54) is 7.11 Å². The Bertz CT molecular complexity index is 176. The quantitative estimate of drug-likeness (QED) is 0.610. The fraction of sp³-hybridized carbons (Fsp3) is 0.778. The third-order valence-corrected chi connectivity index (χ3v) is 1.60. The minimum Gasteiger partial charge on any atom is -0.469 e. The molecule has 0 bridgehead atoms. The number of esters is 2. The average molecular weight is 188 g/mol. The predicted molar refractivity (Wildman–Crippen MR) is 47.1 cm³/mol. The molecular weight excluding hydrogens is 172 g/mol. The van der Waals surface area contributed by atoms with Gasteiger partial charge in [0.25, 0.3) is 0 Å². The van der Waals surface area contributed by atoms with Crippen molar-refractivity contribution in [1.82, 2.24) is 0 Å². The Labute approximate surface area is 78.2 Å². The predicted octanol–water partition coefficient (Wildman–Crippen LogP) is 1.28. The molecule has 0 heterocycles. The van der Waals surface area contributed by atoms with Crippen LogP contribution in [-0.2, 0) is 19.1 Å². The van der Waals surface area contributed by atoms with Crippen molar-refractivity contribution in [2.75, 3.05) is 7.11 Å². The van der Waals surface area contributed by atoms with Crippen LogP contribution in [0.5, 0.6) is 0 Å². The lowest BCUT2D eigenvalue weighted by molar-refractivity contribution is -0.150. The number of rotatable bonds is 5. The molecule has 13 heavy (non-hydrogen) atoms. The van der Waals surface area contributed by atoms with Crippen LogP contribution in [0.2, 0.25) is 0 Å². The molecule has 0 aromatic carbocycles. The smallest absolute Gasteiger partial charge is 0.305 e. The number of methoxy groups -OCH3 is 1. The normalized spacial score (nSPS) is 11.9. The Balaban J connectivity index is 3.56. The fourth-order valence-corrected chi connectivity index (χ4v) is 0.790. The average Bonchev–Trinajstić information content (AvgIpc) is 2.13. The summed E-state index contributed by atoms with van der Waals surface area (Å²) in [5.41, 5.74) is 0. The highest BCUT2D eigenvalue weighted by Crippen LogP contribution is 2.03.